The number of aromatic nitrogens is 1. The fourth-order valence-electron chi connectivity index (χ4n) is 2.18. The highest BCUT2D eigenvalue weighted by atomic mass is 32.2. The highest BCUT2D eigenvalue weighted by Gasteiger charge is 2.18. The summed E-state index contributed by atoms with van der Waals surface area (Å²) in [7, 11) is -3.68. The van der Waals surface area contributed by atoms with E-state index in [4.69, 9.17) is 14.2 Å². The first-order chi connectivity index (χ1) is 12.5. The highest BCUT2D eigenvalue weighted by molar-refractivity contribution is 7.89. The average Bonchev–Trinajstić information content (AvgIpc) is 2.65. The smallest absolute Gasteiger partial charge is 0.241 e. The predicted molar refractivity (Wildman–Crippen MR) is 94.9 cm³/mol. The number of aryl methyl sites for hydroxylation is 1. The van der Waals surface area contributed by atoms with Crippen LogP contribution < -0.4 is 18.9 Å². The van der Waals surface area contributed by atoms with E-state index >= 15 is 0 Å². The van der Waals surface area contributed by atoms with Crippen LogP contribution in [-0.2, 0) is 10.0 Å². The Labute approximate surface area is 152 Å². The second-order valence-electron chi connectivity index (χ2n) is 5.41. The van der Waals surface area contributed by atoms with Crippen LogP contribution in [0.4, 0.5) is 0 Å². The van der Waals surface area contributed by atoms with Gasteiger partial charge in [0.1, 0.15) is 25.6 Å². The molecule has 0 radical (unpaired) electrons. The lowest BCUT2D eigenvalue weighted by molar-refractivity contribution is 0.171. The van der Waals surface area contributed by atoms with Crippen molar-refractivity contribution < 1.29 is 22.6 Å². The second-order valence-corrected chi connectivity index (χ2v) is 7.17. The molecule has 0 aliphatic carbocycles. The number of hydrogen-bond acceptors (Lipinski definition) is 6. The van der Waals surface area contributed by atoms with E-state index in [1.807, 2.05) is 13.0 Å². The summed E-state index contributed by atoms with van der Waals surface area (Å²) < 4.78 is 43.2. The maximum Gasteiger partial charge on any atom is 0.241 e. The minimum Gasteiger partial charge on any atom is -0.486 e. The number of nitrogens with zero attached hydrogens (tertiary/aromatic N) is 1. The van der Waals surface area contributed by atoms with Crippen molar-refractivity contribution in [3.05, 3.63) is 42.2 Å². The standard InChI is InChI=1S/C18H18N2O5S/c1-14-4-5-15(13-19-14)23-9-3-2-8-20-26(21,22)16-6-7-17-18(12-16)25-11-10-24-17/h4-7,12-13,20H,8-11H2,1H3. The summed E-state index contributed by atoms with van der Waals surface area (Å²) in [5, 5.41) is 0. The first kappa shape index (κ1) is 18.0. The van der Waals surface area contributed by atoms with Crippen molar-refractivity contribution in [2.75, 3.05) is 26.4 Å². The fraction of sp³-hybridized carbons (Fsp3) is 0.278. The topological polar surface area (TPSA) is 86.8 Å². The molecule has 0 saturated heterocycles. The summed E-state index contributed by atoms with van der Waals surface area (Å²) in [5.41, 5.74) is 0.900. The predicted octanol–water partition coefficient (Wildman–Crippen LogP) is 1.52. The number of rotatable bonds is 5. The van der Waals surface area contributed by atoms with Gasteiger partial charge in [-0.3, -0.25) is 4.98 Å². The average molecular weight is 374 g/mol. The van der Waals surface area contributed by atoms with Crippen molar-refractivity contribution in [2.24, 2.45) is 0 Å². The third-order valence-corrected chi connectivity index (χ3v) is 4.89. The summed E-state index contributed by atoms with van der Waals surface area (Å²) in [6.07, 6.45) is 1.61. The van der Waals surface area contributed by atoms with Crippen LogP contribution in [0.25, 0.3) is 0 Å². The quantitative estimate of drug-likeness (QED) is 0.799. The largest absolute Gasteiger partial charge is 0.486 e. The van der Waals surface area contributed by atoms with Gasteiger partial charge in [0.2, 0.25) is 10.0 Å². The molecule has 3 rings (SSSR count). The van der Waals surface area contributed by atoms with Crippen molar-refractivity contribution in [1.29, 1.82) is 0 Å². The zero-order chi connectivity index (χ0) is 18.4. The molecule has 1 aromatic heterocycles. The zero-order valence-electron chi connectivity index (χ0n) is 14.2. The Balaban J connectivity index is 1.52. The van der Waals surface area contributed by atoms with E-state index in [-0.39, 0.29) is 18.0 Å². The van der Waals surface area contributed by atoms with E-state index in [0.717, 1.165) is 5.69 Å². The van der Waals surface area contributed by atoms with Crippen LogP contribution in [0.3, 0.4) is 0 Å². The van der Waals surface area contributed by atoms with Crippen LogP contribution in [0.15, 0.2) is 41.4 Å². The first-order valence-electron chi connectivity index (χ1n) is 7.95. The van der Waals surface area contributed by atoms with Crippen molar-refractivity contribution in [1.82, 2.24) is 9.71 Å². The Bertz CT molecular complexity index is 930. The van der Waals surface area contributed by atoms with Crippen LogP contribution in [0.2, 0.25) is 0 Å². The molecular formula is C18H18N2O5S. The van der Waals surface area contributed by atoms with Gasteiger partial charge in [-0.1, -0.05) is 11.8 Å². The second kappa shape index (κ2) is 8.08. The number of hydrogen-bond donors (Lipinski definition) is 1. The summed E-state index contributed by atoms with van der Waals surface area (Å²) in [4.78, 5) is 4.21. The van der Waals surface area contributed by atoms with Crippen molar-refractivity contribution in [2.45, 2.75) is 11.8 Å². The van der Waals surface area contributed by atoms with Gasteiger partial charge in [0, 0.05) is 11.8 Å². The Morgan fingerprint density at radius 1 is 1.15 bits per heavy atom. The van der Waals surface area contributed by atoms with Gasteiger partial charge in [0.15, 0.2) is 11.5 Å². The minimum absolute atomic E-state index is 0.0215. The number of benzene rings is 1. The van der Waals surface area contributed by atoms with Crippen LogP contribution >= 0.6 is 0 Å². The lowest BCUT2D eigenvalue weighted by Gasteiger charge is -2.18. The Morgan fingerprint density at radius 3 is 2.73 bits per heavy atom. The Kier molecular flexibility index (Phi) is 5.61. The molecule has 136 valence electrons. The molecule has 1 aliphatic heterocycles. The molecule has 0 saturated carbocycles. The SMILES string of the molecule is Cc1ccc(OCC#CCNS(=O)(=O)c2ccc3c(c2)OCCO3)cn1. The maximum absolute atomic E-state index is 12.3. The monoisotopic (exact) mass is 374 g/mol. The molecule has 0 atom stereocenters. The van der Waals surface area contributed by atoms with Gasteiger partial charge in [-0.25, -0.2) is 8.42 Å². The molecule has 0 amide bonds. The summed E-state index contributed by atoms with van der Waals surface area (Å²) in [6.45, 7) is 2.86. The van der Waals surface area contributed by atoms with Crippen LogP contribution in [0.5, 0.6) is 17.2 Å². The fourth-order valence-corrected chi connectivity index (χ4v) is 3.12. The van der Waals surface area contributed by atoms with Crippen LogP contribution in [0.1, 0.15) is 5.69 Å². The van der Waals surface area contributed by atoms with E-state index in [9.17, 15) is 8.42 Å². The molecule has 2 heterocycles. The van der Waals surface area contributed by atoms with Gasteiger partial charge < -0.3 is 14.2 Å². The normalized spacial score (nSPS) is 12.8. The molecule has 1 aliphatic rings. The lowest BCUT2D eigenvalue weighted by Crippen LogP contribution is -2.24. The number of sulfonamides is 1. The number of nitrogens with one attached hydrogen (secondary N) is 1. The van der Waals surface area contributed by atoms with Crippen molar-refractivity contribution in [3.63, 3.8) is 0 Å². The van der Waals surface area contributed by atoms with Gasteiger partial charge in [-0.15, -0.1) is 0 Å². The molecular weight excluding hydrogens is 356 g/mol. The molecule has 0 fully saturated rings. The zero-order valence-corrected chi connectivity index (χ0v) is 15.0. The van der Waals surface area contributed by atoms with E-state index in [1.165, 1.54) is 12.1 Å². The van der Waals surface area contributed by atoms with Gasteiger partial charge in [-0.05, 0) is 31.2 Å². The molecule has 7 nitrogen and oxygen atoms in total. The lowest BCUT2D eigenvalue weighted by atomic mass is 10.3. The molecule has 8 heteroatoms. The number of pyridine rings is 1. The van der Waals surface area contributed by atoms with E-state index in [0.29, 0.717) is 30.5 Å². The van der Waals surface area contributed by atoms with Gasteiger partial charge in [0.25, 0.3) is 0 Å². The molecule has 26 heavy (non-hydrogen) atoms. The molecule has 0 unspecified atom stereocenters. The number of ether oxygens (including phenoxy) is 3. The molecule has 1 N–H and O–H groups in total. The number of fused-ring (bicyclic) bond motifs is 1. The summed E-state index contributed by atoms with van der Waals surface area (Å²) >= 11 is 0. The molecule has 0 bridgehead atoms. The summed E-state index contributed by atoms with van der Waals surface area (Å²) in [5.74, 6) is 7.04. The van der Waals surface area contributed by atoms with Crippen molar-refractivity contribution in [3.8, 4) is 29.1 Å². The highest BCUT2D eigenvalue weighted by Crippen LogP contribution is 2.32. The summed E-state index contributed by atoms with van der Waals surface area (Å²) in [6, 6.07) is 8.13. The maximum atomic E-state index is 12.3. The molecule has 0 spiro atoms. The Hall–Kier alpha value is -2.76. The van der Waals surface area contributed by atoms with Crippen molar-refractivity contribution >= 4 is 10.0 Å². The van der Waals surface area contributed by atoms with Crippen LogP contribution in [0, 0.1) is 18.8 Å². The van der Waals surface area contributed by atoms with E-state index in [1.54, 1.807) is 18.3 Å². The van der Waals surface area contributed by atoms with Gasteiger partial charge in [0.05, 0.1) is 17.6 Å². The minimum atomic E-state index is -3.68. The van der Waals surface area contributed by atoms with Crippen LogP contribution in [-0.4, -0.2) is 39.8 Å². The third-order valence-electron chi connectivity index (χ3n) is 3.49. The first-order valence-corrected chi connectivity index (χ1v) is 9.43. The van der Waals surface area contributed by atoms with Gasteiger partial charge >= 0.3 is 0 Å². The third kappa shape index (κ3) is 4.65. The van der Waals surface area contributed by atoms with Gasteiger partial charge in [-0.2, -0.15) is 4.72 Å². The molecule has 1 aromatic carbocycles. The van der Waals surface area contributed by atoms with E-state index < -0.39 is 10.0 Å². The Morgan fingerprint density at radius 2 is 1.96 bits per heavy atom. The molecule has 2 aromatic rings. The van der Waals surface area contributed by atoms with E-state index in [2.05, 4.69) is 21.5 Å².